The van der Waals surface area contributed by atoms with Crippen LogP contribution in [0.4, 0.5) is 13.2 Å². The van der Waals surface area contributed by atoms with Crippen LogP contribution in [0.3, 0.4) is 0 Å². The van der Waals surface area contributed by atoms with E-state index in [1.807, 2.05) is 6.08 Å². The SMILES string of the molecule is FC(F)(F)c1cnc2[nH]ccc2c1C1=CCNCC1. The normalized spacial score (nSPS) is 16.7. The Morgan fingerprint density at radius 1 is 1.26 bits per heavy atom. The number of aromatic amines is 1. The Balaban J connectivity index is 2.28. The molecule has 3 nitrogen and oxygen atoms in total. The van der Waals surface area contributed by atoms with Crippen molar-refractivity contribution in [2.75, 3.05) is 13.1 Å². The summed E-state index contributed by atoms with van der Waals surface area (Å²) in [6.07, 6.45) is 0.549. The van der Waals surface area contributed by atoms with Crippen molar-refractivity contribution < 1.29 is 13.2 Å². The lowest BCUT2D eigenvalue weighted by atomic mass is 9.94. The predicted octanol–water partition coefficient (Wildman–Crippen LogP) is 2.96. The molecule has 0 aliphatic carbocycles. The molecule has 2 aromatic rings. The van der Waals surface area contributed by atoms with Gasteiger partial charge in [0.1, 0.15) is 5.65 Å². The van der Waals surface area contributed by atoms with Crippen LogP contribution in [0.2, 0.25) is 0 Å². The van der Waals surface area contributed by atoms with Crippen LogP contribution >= 0.6 is 0 Å². The van der Waals surface area contributed by atoms with E-state index in [4.69, 9.17) is 0 Å². The summed E-state index contributed by atoms with van der Waals surface area (Å²) in [6, 6.07) is 1.65. The van der Waals surface area contributed by atoms with E-state index in [9.17, 15) is 13.2 Å². The second-order valence-electron chi connectivity index (χ2n) is 4.47. The van der Waals surface area contributed by atoms with Gasteiger partial charge in [-0.2, -0.15) is 13.2 Å². The van der Waals surface area contributed by atoms with E-state index in [1.165, 1.54) is 0 Å². The maximum absolute atomic E-state index is 13.1. The first-order valence-electron chi connectivity index (χ1n) is 6.01. The van der Waals surface area contributed by atoms with Crippen molar-refractivity contribution in [1.82, 2.24) is 15.3 Å². The van der Waals surface area contributed by atoms with Gasteiger partial charge in [-0.05, 0) is 24.6 Å². The summed E-state index contributed by atoms with van der Waals surface area (Å²) in [5, 5.41) is 3.63. The van der Waals surface area contributed by atoms with Crippen molar-refractivity contribution in [1.29, 1.82) is 0 Å². The molecule has 2 aromatic heterocycles. The highest BCUT2D eigenvalue weighted by Gasteiger charge is 2.35. The van der Waals surface area contributed by atoms with E-state index >= 15 is 0 Å². The van der Waals surface area contributed by atoms with E-state index in [0.29, 0.717) is 30.5 Å². The van der Waals surface area contributed by atoms with E-state index in [-0.39, 0.29) is 5.56 Å². The minimum atomic E-state index is -4.39. The third-order valence-electron chi connectivity index (χ3n) is 3.28. The van der Waals surface area contributed by atoms with Gasteiger partial charge >= 0.3 is 6.18 Å². The fourth-order valence-electron chi connectivity index (χ4n) is 2.42. The van der Waals surface area contributed by atoms with Gasteiger partial charge in [0, 0.05) is 29.9 Å². The Hall–Kier alpha value is -1.82. The minimum absolute atomic E-state index is 0.264. The van der Waals surface area contributed by atoms with Crippen LogP contribution in [0, 0.1) is 0 Å². The van der Waals surface area contributed by atoms with Gasteiger partial charge < -0.3 is 10.3 Å². The van der Waals surface area contributed by atoms with Crippen molar-refractivity contribution in [3.8, 4) is 0 Å². The lowest BCUT2D eigenvalue weighted by molar-refractivity contribution is -0.137. The minimum Gasteiger partial charge on any atom is -0.346 e. The highest BCUT2D eigenvalue weighted by Crippen LogP contribution is 2.39. The average molecular weight is 267 g/mol. The summed E-state index contributed by atoms with van der Waals surface area (Å²) in [5.74, 6) is 0. The van der Waals surface area contributed by atoms with Crippen LogP contribution in [0.5, 0.6) is 0 Å². The number of hydrogen-bond donors (Lipinski definition) is 2. The highest BCUT2D eigenvalue weighted by atomic mass is 19.4. The van der Waals surface area contributed by atoms with Crippen LogP contribution in [-0.2, 0) is 6.18 Å². The molecule has 0 fully saturated rings. The maximum atomic E-state index is 13.1. The molecule has 19 heavy (non-hydrogen) atoms. The Labute approximate surface area is 107 Å². The van der Waals surface area contributed by atoms with Crippen LogP contribution in [0.1, 0.15) is 17.5 Å². The molecule has 0 saturated carbocycles. The number of hydrogen-bond acceptors (Lipinski definition) is 2. The number of nitrogens with one attached hydrogen (secondary N) is 2. The second kappa shape index (κ2) is 4.38. The van der Waals surface area contributed by atoms with Crippen molar-refractivity contribution in [3.05, 3.63) is 35.7 Å². The Kier molecular flexibility index (Phi) is 2.82. The molecule has 0 aromatic carbocycles. The van der Waals surface area contributed by atoms with Crippen molar-refractivity contribution in [2.45, 2.75) is 12.6 Å². The van der Waals surface area contributed by atoms with Crippen molar-refractivity contribution >= 4 is 16.6 Å². The quantitative estimate of drug-likeness (QED) is 0.834. The monoisotopic (exact) mass is 267 g/mol. The molecule has 6 heteroatoms. The van der Waals surface area contributed by atoms with E-state index < -0.39 is 11.7 Å². The number of pyridine rings is 1. The van der Waals surface area contributed by atoms with Gasteiger partial charge in [0.15, 0.2) is 0 Å². The number of alkyl halides is 3. The lowest BCUT2D eigenvalue weighted by Crippen LogP contribution is -2.21. The maximum Gasteiger partial charge on any atom is 0.418 e. The van der Waals surface area contributed by atoms with Gasteiger partial charge in [-0.25, -0.2) is 4.98 Å². The van der Waals surface area contributed by atoms with Gasteiger partial charge in [-0.3, -0.25) is 0 Å². The van der Waals surface area contributed by atoms with Gasteiger partial charge in [0.05, 0.1) is 5.56 Å². The Morgan fingerprint density at radius 2 is 2.11 bits per heavy atom. The van der Waals surface area contributed by atoms with E-state index in [1.54, 1.807) is 12.3 Å². The zero-order chi connectivity index (χ0) is 13.5. The van der Waals surface area contributed by atoms with Crippen LogP contribution in [0.15, 0.2) is 24.5 Å². The zero-order valence-corrected chi connectivity index (χ0v) is 10.0. The van der Waals surface area contributed by atoms with E-state index in [2.05, 4.69) is 15.3 Å². The molecule has 0 saturated heterocycles. The van der Waals surface area contributed by atoms with Crippen LogP contribution in [0.25, 0.3) is 16.6 Å². The van der Waals surface area contributed by atoms with Gasteiger partial charge in [-0.15, -0.1) is 0 Å². The smallest absolute Gasteiger partial charge is 0.346 e. The molecule has 0 spiro atoms. The van der Waals surface area contributed by atoms with Gasteiger partial charge in [0.25, 0.3) is 0 Å². The fraction of sp³-hybridized carbons (Fsp3) is 0.308. The Morgan fingerprint density at radius 3 is 2.79 bits per heavy atom. The first-order valence-corrected chi connectivity index (χ1v) is 6.01. The summed E-state index contributed by atoms with van der Waals surface area (Å²) in [7, 11) is 0. The molecule has 1 aliphatic heterocycles. The number of fused-ring (bicyclic) bond motifs is 1. The molecule has 3 heterocycles. The summed E-state index contributed by atoms with van der Waals surface area (Å²) < 4.78 is 39.4. The number of halogens is 3. The lowest BCUT2D eigenvalue weighted by Gasteiger charge is -2.19. The van der Waals surface area contributed by atoms with Crippen molar-refractivity contribution in [2.24, 2.45) is 0 Å². The summed E-state index contributed by atoms with van der Waals surface area (Å²) >= 11 is 0. The van der Waals surface area contributed by atoms with Gasteiger partial charge in [-0.1, -0.05) is 6.08 Å². The molecule has 0 amide bonds. The number of H-pyrrole nitrogens is 1. The molecule has 1 aliphatic rings. The summed E-state index contributed by atoms with van der Waals surface area (Å²) in [6.45, 7) is 1.29. The molecule has 100 valence electrons. The molecule has 0 atom stereocenters. The predicted molar refractivity (Wildman–Crippen MR) is 66.6 cm³/mol. The summed E-state index contributed by atoms with van der Waals surface area (Å²) in [4.78, 5) is 6.70. The largest absolute Gasteiger partial charge is 0.418 e. The molecular formula is C13H12F3N3. The first-order chi connectivity index (χ1) is 9.07. The van der Waals surface area contributed by atoms with E-state index in [0.717, 1.165) is 11.8 Å². The number of rotatable bonds is 1. The third kappa shape index (κ3) is 2.12. The first kappa shape index (κ1) is 12.2. The molecule has 0 radical (unpaired) electrons. The number of nitrogens with zero attached hydrogens (tertiary/aromatic N) is 1. The molecule has 0 bridgehead atoms. The van der Waals surface area contributed by atoms with Crippen molar-refractivity contribution in [3.63, 3.8) is 0 Å². The molecule has 2 N–H and O–H groups in total. The molecular weight excluding hydrogens is 255 g/mol. The standard InChI is InChI=1S/C13H12F3N3/c14-13(15,16)10-7-19-12-9(3-6-18-12)11(10)8-1-4-17-5-2-8/h1,3,6-7,17H,2,4-5H2,(H,18,19). The zero-order valence-electron chi connectivity index (χ0n) is 10.0. The average Bonchev–Trinajstić information content (AvgIpc) is 2.85. The summed E-state index contributed by atoms with van der Waals surface area (Å²) in [5.41, 5.74) is 0.827. The Bertz CT molecular complexity index is 640. The third-order valence-corrected chi connectivity index (χ3v) is 3.28. The van der Waals surface area contributed by atoms with Crippen LogP contribution < -0.4 is 5.32 Å². The van der Waals surface area contributed by atoms with Crippen LogP contribution in [-0.4, -0.2) is 23.1 Å². The number of aromatic nitrogens is 2. The van der Waals surface area contributed by atoms with Gasteiger partial charge in [0.2, 0.25) is 0 Å². The molecule has 3 rings (SSSR count). The second-order valence-corrected chi connectivity index (χ2v) is 4.47. The molecule has 0 unspecified atom stereocenters. The highest BCUT2D eigenvalue weighted by molar-refractivity contribution is 5.92. The fourth-order valence-corrected chi connectivity index (χ4v) is 2.42. The topological polar surface area (TPSA) is 40.7 Å².